The molecule has 0 heterocycles. The number of Topliss-reactive ketones (excluding diaryl/α,β-unsaturated/α-hetero) is 1. The number of ether oxygens (including phenoxy) is 4. The van der Waals surface area contributed by atoms with Gasteiger partial charge in [0.15, 0.2) is 6.61 Å². The Bertz CT molecular complexity index is 888. The molecule has 0 amide bonds. The van der Waals surface area contributed by atoms with E-state index in [2.05, 4.69) is 4.74 Å². The first-order valence-corrected chi connectivity index (χ1v) is 8.17. The van der Waals surface area contributed by atoms with E-state index in [-0.39, 0.29) is 17.1 Å². The zero-order valence-electron chi connectivity index (χ0n) is 15.5. The molecule has 6 nitrogen and oxygen atoms in total. The summed E-state index contributed by atoms with van der Waals surface area (Å²) in [5, 5.41) is 0. The summed E-state index contributed by atoms with van der Waals surface area (Å²) in [5.41, 5.74) is 0.671. The van der Waals surface area contributed by atoms with Crippen LogP contribution < -0.4 is 14.2 Å². The molecule has 0 unspecified atom stereocenters. The quantitative estimate of drug-likeness (QED) is 0.372. The van der Waals surface area contributed by atoms with Crippen molar-refractivity contribution in [3.05, 3.63) is 59.7 Å². The summed E-state index contributed by atoms with van der Waals surface area (Å²) in [4.78, 5) is 24.0. The lowest BCUT2D eigenvalue weighted by atomic mass is 10.1. The molecule has 0 saturated carbocycles. The van der Waals surface area contributed by atoms with Gasteiger partial charge in [0.1, 0.15) is 17.2 Å². The fraction of sp³-hybridized carbons (Fsp3) is 0.200. The summed E-state index contributed by atoms with van der Waals surface area (Å²) in [5.74, 6) is -0.857. The predicted octanol–water partition coefficient (Wildman–Crippen LogP) is 4.04. The minimum atomic E-state index is -4.78. The first kappa shape index (κ1) is 21.8. The summed E-state index contributed by atoms with van der Waals surface area (Å²) >= 11 is 0. The van der Waals surface area contributed by atoms with Gasteiger partial charge in [-0.25, -0.2) is 4.79 Å². The Balaban J connectivity index is 1.92. The van der Waals surface area contributed by atoms with Crippen LogP contribution in [0.25, 0.3) is 6.08 Å². The normalized spacial score (nSPS) is 11.2. The van der Waals surface area contributed by atoms with E-state index in [0.717, 1.165) is 18.2 Å². The third kappa shape index (κ3) is 6.87. The Morgan fingerprint density at radius 2 is 1.62 bits per heavy atom. The Morgan fingerprint density at radius 3 is 2.21 bits per heavy atom. The minimum absolute atomic E-state index is 0.227. The molecule has 0 aliphatic heterocycles. The van der Waals surface area contributed by atoms with Crippen LogP contribution in [0.1, 0.15) is 15.9 Å². The van der Waals surface area contributed by atoms with E-state index in [1.54, 1.807) is 6.07 Å². The highest BCUT2D eigenvalue weighted by atomic mass is 19.4. The second kappa shape index (κ2) is 9.63. The molecule has 0 aliphatic rings. The van der Waals surface area contributed by atoms with Gasteiger partial charge in [0.25, 0.3) is 0 Å². The zero-order chi connectivity index (χ0) is 21.4. The number of esters is 1. The van der Waals surface area contributed by atoms with Gasteiger partial charge in [-0.05, 0) is 35.9 Å². The molecular weight excluding hydrogens is 393 g/mol. The van der Waals surface area contributed by atoms with Gasteiger partial charge in [0, 0.05) is 12.1 Å². The van der Waals surface area contributed by atoms with Crippen LogP contribution in [0.2, 0.25) is 0 Å². The lowest BCUT2D eigenvalue weighted by Gasteiger charge is -2.09. The lowest BCUT2D eigenvalue weighted by Crippen LogP contribution is -2.16. The summed E-state index contributed by atoms with van der Waals surface area (Å²) in [6, 6.07) is 9.48. The second-order valence-electron chi connectivity index (χ2n) is 5.55. The summed E-state index contributed by atoms with van der Waals surface area (Å²) in [6.45, 7) is -0.510. The molecule has 2 aromatic carbocycles. The highest BCUT2D eigenvalue weighted by molar-refractivity contribution is 6.01. The topological polar surface area (TPSA) is 71.1 Å². The molecule has 29 heavy (non-hydrogen) atoms. The van der Waals surface area contributed by atoms with Crippen LogP contribution in [0.5, 0.6) is 17.2 Å². The lowest BCUT2D eigenvalue weighted by molar-refractivity contribution is -0.274. The highest BCUT2D eigenvalue weighted by Gasteiger charge is 2.30. The molecular formula is C20H17F3O6. The zero-order valence-corrected chi connectivity index (χ0v) is 15.5. The summed E-state index contributed by atoms with van der Waals surface area (Å²) in [6.07, 6.45) is -2.39. The monoisotopic (exact) mass is 410 g/mol. The number of ketones is 1. The largest absolute Gasteiger partial charge is 0.573 e. The van der Waals surface area contributed by atoms with Crippen LogP contribution in [0.3, 0.4) is 0 Å². The van der Waals surface area contributed by atoms with E-state index >= 15 is 0 Å². The van der Waals surface area contributed by atoms with E-state index in [1.807, 2.05) is 0 Å². The maximum Gasteiger partial charge on any atom is 0.573 e. The van der Waals surface area contributed by atoms with E-state index in [0.29, 0.717) is 11.3 Å². The molecule has 0 N–H and O–H groups in total. The van der Waals surface area contributed by atoms with Crippen molar-refractivity contribution in [2.45, 2.75) is 6.36 Å². The number of hydrogen-bond donors (Lipinski definition) is 0. The van der Waals surface area contributed by atoms with Gasteiger partial charge < -0.3 is 18.9 Å². The van der Waals surface area contributed by atoms with Gasteiger partial charge in [-0.1, -0.05) is 12.1 Å². The molecule has 0 aromatic heterocycles. The SMILES string of the molecule is COc1ccc(C(=O)COC(=O)/C=C/c2ccc(OC(F)(F)F)cc2)c(OC)c1. The van der Waals surface area contributed by atoms with Crippen molar-refractivity contribution < 1.29 is 41.7 Å². The fourth-order valence-corrected chi connectivity index (χ4v) is 2.24. The van der Waals surface area contributed by atoms with Crippen molar-refractivity contribution in [3.8, 4) is 17.2 Å². The standard InChI is InChI=1S/C20H17F3O6/c1-26-15-8-9-16(18(11-15)27-2)17(24)12-28-19(25)10-5-13-3-6-14(7-4-13)29-20(21,22)23/h3-11H,12H2,1-2H3/b10-5+. The van der Waals surface area contributed by atoms with Crippen molar-refractivity contribution in [1.82, 2.24) is 0 Å². The minimum Gasteiger partial charge on any atom is -0.497 e. The maximum absolute atomic E-state index is 12.2. The molecule has 0 bridgehead atoms. The van der Waals surface area contributed by atoms with Crippen molar-refractivity contribution in [3.63, 3.8) is 0 Å². The van der Waals surface area contributed by atoms with E-state index in [1.165, 1.54) is 44.6 Å². The van der Waals surface area contributed by atoms with Crippen LogP contribution in [-0.2, 0) is 9.53 Å². The van der Waals surface area contributed by atoms with Crippen LogP contribution in [-0.4, -0.2) is 38.9 Å². The van der Waals surface area contributed by atoms with Gasteiger partial charge in [-0.15, -0.1) is 13.2 Å². The van der Waals surface area contributed by atoms with Crippen LogP contribution >= 0.6 is 0 Å². The predicted molar refractivity (Wildman–Crippen MR) is 97.0 cm³/mol. The molecule has 0 radical (unpaired) electrons. The number of hydrogen-bond acceptors (Lipinski definition) is 6. The third-order valence-corrected chi connectivity index (χ3v) is 3.58. The average molecular weight is 410 g/mol. The Hall–Kier alpha value is -3.49. The Labute approximate surface area is 164 Å². The summed E-state index contributed by atoms with van der Waals surface area (Å²) < 4.78 is 55.2. The fourth-order valence-electron chi connectivity index (χ4n) is 2.24. The molecule has 9 heteroatoms. The van der Waals surface area contributed by atoms with Crippen molar-refractivity contribution in [2.24, 2.45) is 0 Å². The van der Waals surface area contributed by atoms with Gasteiger partial charge in [-0.3, -0.25) is 4.79 Å². The molecule has 2 aromatic rings. The third-order valence-electron chi connectivity index (χ3n) is 3.58. The van der Waals surface area contributed by atoms with Crippen molar-refractivity contribution in [1.29, 1.82) is 0 Å². The van der Waals surface area contributed by atoms with Crippen molar-refractivity contribution >= 4 is 17.8 Å². The Morgan fingerprint density at radius 1 is 0.966 bits per heavy atom. The number of halogens is 3. The number of benzene rings is 2. The van der Waals surface area contributed by atoms with Gasteiger partial charge in [-0.2, -0.15) is 0 Å². The first-order valence-electron chi connectivity index (χ1n) is 8.17. The van der Waals surface area contributed by atoms with E-state index < -0.39 is 24.7 Å². The first-order chi connectivity index (χ1) is 13.7. The highest BCUT2D eigenvalue weighted by Crippen LogP contribution is 2.25. The molecule has 0 saturated heterocycles. The molecule has 0 fully saturated rings. The number of alkyl halides is 3. The Kier molecular flexibility index (Phi) is 7.24. The number of methoxy groups -OCH3 is 2. The number of carbonyl (C=O) groups excluding carboxylic acids is 2. The average Bonchev–Trinajstić information content (AvgIpc) is 2.69. The van der Waals surface area contributed by atoms with Gasteiger partial charge in [0.05, 0.1) is 19.8 Å². The molecule has 0 atom stereocenters. The van der Waals surface area contributed by atoms with E-state index in [4.69, 9.17) is 14.2 Å². The second-order valence-corrected chi connectivity index (χ2v) is 5.55. The van der Waals surface area contributed by atoms with Crippen molar-refractivity contribution in [2.75, 3.05) is 20.8 Å². The van der Waals surface area contributed by atoms with Gasteiger partial charge >= 0.3 is 12.3 Å². The van der Waals surface area contributed by atoms with Gasteiger partial charge in [0.2, 0.25) is 5.78 Å². The molecule has 0 spiro atoms. The van der Waals surface area contributed by atoms with Crippen LogP contribution in [0, 0.1) is 0 Å². The van der Waals surface area contributed by atoms with E-state index in [9.17, 15) is 22.8 Å². The smallest absolute Gasteiger partial charge is 0.497 e. The molecule has 0 aliphatic carbocycles. The molecule has 154 valence electrons. The van der Waals surface area contributed by atoms with Crippen LogP contribution in [0.4, 0.5) is 13.2 Å². The number of carbonyl (C=O) groups is 2. The summed E-state index contributed by atoms with van der Waals surface area (Å²) in [7, 11) is 2.87. The van der Waals surface area contributed by atoms with Crippen LogP contribution in [0.15, 0.2) is 48.5 Å². The molecule has 2 rings (SSSR count). The number of rotatable bonds is 8. The maximum atomic E-state index is 12.2.